The Hall–Kier alpha value is -0.570. The summed E-state index contributed by atoms with van der Waals surface area (Å²) in [5.41, 5.74) is 5.61. The average Bonchev–Trinajstić information content (AvgIpc) is 2.13. The van der Waals surface area contributed by atoms with Crippen LogP contribution in [-0.4, -0.2) is 17.1 Å². The average molecular weight is 143 g/mol. The van der Waals surface area contributed by atoms with Gasteiger partial charge >= 0.3 is 5.97 Å². The fourth-order valence-electron chi connectivity index (χ4n) is 1.55. The molecule has 58 valence electrons. The second-order valence-corrected chi connectivity index (χ2v) is 3.04. The van der Waals surface area contributed by atoms with E-state index >= 15 is 0 Å². The molecule has 1 fully saturated rings. The van der Waals surface area contributed by atoms with E-state index in [1.165, 1.54) is 0 Å². The van der Waals surface area contributed by atoms with Gasteiger partial charge in [0.05, 0.1) is 0 Å². The number of carboxylic acid groups (broad SMARTS) is 1. The molecule has 0 spiro atoms. The third-order valence-corrected chi connectivity index (χ3v) is 2.05. The van der Waals surface area contributed by atoms with Crippen LogP contribution in [0, 0.1) is 5.92 Å². The number of carboxylic acids is 1. The molecule has 1 saturated carbocycles. The van der Waals surface area contributed by atoms with Crippen molar-refractivity contribution in [3.8, 4) is 0 Å². The van der Waals surface area contributed by atoms with Crippen molar-refractivity contribution in [2.45, 2.75) is 31.7 Å². The topological polar surface area (TPSA) is 63.3 Å². The highest BCUT2D eigenvalue weighted by atomic mass is 16.4. The van der Waals surface area contributed by atoms with Crippen LogP contribution in [0.1, 0.15) is 25.7 Å². The summed E-state index contributed by atoms with van der Waals surface area (Å²) < 4.78 is 0. The van der Waals surface area contributed by atoms with Gasteiger partial charge in [0, 0.05) is 12.5 Å². The van der Waals surface area contributed by atoms with Crippen molar-refractivity contribution in [2.75, 3.05) is 0 Å². The first-order chi connectivity index (χ1) is 4.68. The SMILES string of the molecule is N[C@H]1CC[C@@H](CC(=O)O)C1. The van der Waals surface area contributed by atoms with Crippen molar-refractivity contribution in [1.82, 2.24) is 0 Å². The lowest BCUT2D eigenvalue weighted by atomic mass is 10.0. The minimum Gasteiger partial charge on any atom is -0.481 e. The van der Waals surface area contributed by atoms with Crippen molar-refractivity contribution in [2.24, 2.45) is 11.7 Å². The fourth-order valence-corrected chi connectivity index (χ4v) is 1.55. The van der Waals surface area contributed by atoms with Gasteiger partial charge in [0.15, 0.2) is 0 Å². The van der Waals surface area contributed by atoms with Crippen LogP contribution in [0.15, 0.2) is 0 Å². The van der Waals surface area contributed by atoms with E-state index in [-0.39, 0.29) is 6.04 Å². The van der Waals surface area contributed by atoms with E-state index in [0.29, 0.717) is 12.3 Å². The largest absolute Gasteiger partial charge is 0.481 e. The van der Waals surface area contributed by atoms with E-state index < -0.39 is 5.97 Å². The maximum atomic E-state index is 10.2. The number of carbonyl (C=O) groups is 1. The molecule has 2 atom stereocenters. The van der Waals surface area contributed by atoms with Crippen LogP contribution in [0.3, 0.4) is 0 Å². The number of nitrogens with two attached hydrogens (primary N) is 1. The zero-order chi connectivity index (χ0) is 7.56. The number of hydrogen-bond donors (Lipinski definition) is 2. The zero-order valence-corrected chi connectivity index (χ0v) is 5.92. The minimum absolute atomic E-state index is 0.254. The first-order valence-corrected chi connectivity index (χ1v) is 3.66. The maximum Gasteiger partial charge on any atom is 0.303 e. The summed E-state index contributed by atoms with van der Waals surface area (Å²) in [6.45, 7) is 0. The van der Waals surface area contributed by atoms with Gasteiger partial charge in [-0.2, -0.15) is 0 Å². The van der Waals surface area contributed by atoms with Crippen LogP contribution in [0.5, 0.6) is 0 Å². The number of hydrogen-bond acceptors (Lipinski definition) is 2. The van der Waals surface area contributed by atoms with Gasteiger partial charge in [0.2, 0.25) is 0 Å². The van der Waals surface area contributed by atoms with E-state index in [1.807, 2.05) is 0 Å². The van der Waals surface area contributed by atoms with Gasteiger partial charge in [0.1, 0.15) is 0 Å². The first kappa shape index (κ1) is 7.54. The Labute approximate surface area is 60.2 Å². The van der Waals surface area contributed by atoms with Crippen molar-refractivity contribution in [1.29, 1.82) is 0 Å². The highest BCUT2D eigenvalue weighted by Crippen LogP contribution is 2.26. The summed E-state index contributed by atoms with van der Waals surface area (Å²) in [6.07, 6.45) is 3.19. The third kappa shape index (κ3) is 1.99. The molecule has 0 amide bonds. The monoisotopic (exact) mass is 143 g/mol. The Morgan fingerprint density at radius 2 is 2.30 bits per heavy atom. The molecule has 0 aromatic heterocycles. The van der Waals surface area contributed by atoms with Gasteiger partial charge in [-0.05, 0) is 25.2 Å². The molecule has 0 aromatic carbocycles. The predicted octanol–water partition coefficient (Wildman–Crippen LogP) is 0.588. The molecule has 3 nitrogen and oxygen atoms in total. The standard InChI is InChI=1S/C7H13NO2/c8-6-2-1-5(3-6)4-7(9)10/h5-6H,1-4,8H2,(H,9,10)/t5-,6+/m1/s1. The summed E-state index contributed by atoms with van der Waals surface area (Å²) >= 11 is 0. The Morgan fingerprint density at radius 3 is 2.70 bits per heavy atom. The fraction of sp³-hybridized carbons (Fsp3) is 0.857. The maximum absolute atomic E-state index is 10.2. The van der Waals surface area contributed by atoms with E-state index in [2.05, 4.69) is 0 Å². The molecule has 0 aliphatic heterocycles. The van der Waals surface area contributed by atoms with Crippen molar-refractivity contribution < 1.29 is 9.90 Å². The van der Waals surface area contributed by atoms with Gasteiger partial charge in [-0.3, -0.25) is 4.79 Å². The molecule has 0 aromatic rings. The smallest absolute Gasteiger partial charge is 0.303 e. The van der Waals surface area contributed by atoms with E-state index in [4.69, 9.17) is 10.8 Å². The summed E-state index contributed by atoms with van der Waals surface area (Å²) in [7, 11) is 0. The molecule has 10 heavy (non-hydrogen) atoms. The second kappa shape index (κ2) is 3.01. The highest BCUT2D eigenvalue weighted by Gasteiger charge is 2.23. The van der Waals surface area contributed by atoms with E-state index in [9.17, 15) is 4.79 Å². The lowest BCUT2D eigenvalue weighted by Crippen LogP contribution is -2.15. The van der Waals surface area contributed by atoms with Crippen LogP contribution in [-0.2, 0) is 4.79 Å². The number of aliphatic carboxylic acids is 1. The van der Waals surface area contributed by atoms with Crippen LogP contribution in [0.2, 0.25) is 0 Å². The van der Waals surface area contributed by atoms with Crippen molar-refractivity contribution >= 4 is 5.97 Å². The molecular formula is C7H13NO2. The Morgan fingerprint density at radius 1 is 1.60 bits per heavy atom. The predicted molar refractivity (Wildman–Crippen MR) is 37.6 cm³/mol. The Kier molecular flexibility index (Phi) is 2.27. The molecule has 3 N–H and O–H groups in total. The van der Waals surface area contributed by atoms with Gasteiger partial charge < -0.3 is 10.8 Å². The summed E-state index contributed by atoms with van der Waals surface area (Å²) in [5, 5.41) is 8.42. The number of rotatable bonds is 2. The molecule has 0 radical (unpaired) electrons. The molecule has 0 heterocycles. The van der Waals surface area contributed by atoms with E-state index in [1.54, 1.807) is 0 Å². The van der Waals surface area contributed by atoms with Crippen LogP contribution in [0.25, 0.3) is 0 Å². The molecule has 0 saturated heterocycles. The Bertz CT molecular complexity index is 136. The van der Waals surface area contributed by atoms with Gasteiger partial charge in [-0.25, -0.2) is 0 Å². The highest BCUT2D eigenvalue weighted by molar-refractivity contribution is 5.67. The van der Waals surface area contributed by atoms with Crippen LogP contribution < -0.4 is 5.73 Å². The van der Waals surface area contributed by atoms with Crippen molar-refractivity contribution in [3.63, 3.8) is 0 Å². The van der Waals surface area contributed by atoms with Gasteiger partial charge in [-0.15, -0.1) is 0 Å². The molecular weight excluding hydrogens is 130 g/mol. The lowest BCUT2D eigenvalue weighted by Gasteiger charge is -2.03. The van der Waals surface area contributed by atoms with Crippen LogP contribution >= 0.6 is 0 Å². The van der Waals surface area contributed by atoms with E-state index in [0.717, 1.165) is 19.3 Å². The first-order valence-electron chi connectivity index (χ1n) is 3.66. The van der Waals surface area contributed by atoms with Crippen LogP contribution in [0.4, 0.5) is 0 Å². The molecule has 1 rings (SSSR count). The summed E-state index contributed by atoms with van der Waals surface area (Å²) in [6, 6.07) is 0.254. The molecule has 3 heteroatoms. The summed E-state index contributed by atoms with van der Waals surface area (Å²) in [4.78, 5) is 10.2. The normalized spacial score (nSPS) is 32.5. The molecule has 0 unspecified atom stereocenters. The molecule has 1 aliphatic carbocycles. The third-order valence-electron chi connectivity index (χ3n) is 2.05. The van der Waals surface area contributed by atoms with Gasteiger partial charge in [0.25, 0.3) is 0 Å². The summed E-state index contributed by atoms with van der Waals surface area (Å²) in [5.74, 6) is -0.355. The lowest BCUT2D eigenvalue weighted by molar-refractivity contribution is -0.138. The molecule has 1 aliphatic rings. The zero-order valence-electron chi connectivity index (χ0n) is 5.92. The second-order valence-electron chi connectivity index (χ2n) is 3.04. The van der Waals surface area contributed by atoms with Gasteiger partial charge in [-0.1, -0.05) is 0 Å². The molecule has 0 bridgehead atoms. The van der Waals surface area contributed by atoms with Crippen molar-refractivity contribution in [3.05, 3.63) is 0 Å². The Balaban J connectivity index is 2.24. The minimum atomic E-state index is -0.695. The quantitative estimate of drug-likeness (QED) is 0.594.